The molecule has 0 aromatic rings. The van der Waals surface area contributed by atoms with E-state index in [1.165, 1.54) is 0 Å². The van der Waals surface area contributed by atoms with Crippen molar-refractivity contribution in [3.63, 3.8) is 0 Å². The Morgan fingerprint density at radius 2 is 1.71 bits per heavy atom. The number of hydrogen-bond donors (Lipinski definition) is 2. The number of rotatable bonds is 3. The van der Waals surface area contributed by atoms with Crippen molar-refractivity contribution >= 4 is 11.9 Å². The van der Waals surface area contributed by atoms with E-state index in [1.807, 2.05) is 6.92 Å². The summed E-state index contributed by atoms with van der Waals surface area (Å²) in [6.45, 7) is 2.02. The van der Waals surface area contributed by atoms with Gasteiger partial charge in [0.15, 0.2) is 0 Å². The summed E-state index contributed by atoms with van der Waals surface area (Å²) in [4.78, 5) is 21.7. The molecule has 0 amide bonds. The van der Waals surface area contributed by atoms with Crippen LogP contribution in [0.15, 0.2) is 0 Å². The zero-order valence-electron chi connectivity index (χ0n) is 8.27. The minimum Gasteiger partial charge on any atom is -0.481 e. The van der Waals surface area contributed by atoms with Crippen molar-refractivity contribution in [1.29, 1.82) is 0 Å². The third-order valence-electron chi connectivity index (χ3n) is 3.17. The lowest BCUT2D eigenvalue weighted by molar-refractivity contribution is -0.156. The number of carboxylic acid groups (broad SMARTS) is 2. The van der Waals surface area contributed by atoms with Crippen molar-refractivity contribution in [2.24, 2.45) is 17.8 Å². The summed E-state index contributed by atoms with van der Waals surface area (Å²) >= 11 is 0. The first-order valence-corrected chi connectivity index (χ1v) is 5.01. The van der Waals surface area contributed by atoms with E-state index < -0.39 is 23.8 Å². The van der Waals surface area contributed by atoms with Gasteiger partial charge in [-0.25, -0.2) is 0 Å². The molecule has 0 bridgehead atoms. The van der Waals surface area contributed by atoms with E-state index in [0.29, 0.717) is 18.8 Å². The van der Waals surface area contributed by atoms with Crippen LogP contribution in [0.4, 0.5) is 0 Å². The second kappa shape index (κ2) is 4.44. The molecule has 0 unspecified atom stereocenters. The molecule has 1 saturated carbocycles. The van der Waals surface area contributed by atoms with Crippen molar-refractivity contribution in [2.75, 3.05) is 0 Å². The number of aliphatic carboxylic acids is 2. The zero-order valence-corrected chi connectivity index (χ0v) is 8.27. The first-order chi connectivity index (χ1) is 6.56. The van der Waals surface area contributed by atoms with Crippen LogP contribution in [0.2, 0.25) is 0 Å². The van der Waals surface area contributed by atoms with E-state index in [0.717, 1.165) is 12.8 Å². The minimum absolute atomic E-state index is 0.381. The fourth-order valence-electron chi connectivity index (χ4n) is 2.20. The smallest absolute Gasteiger partial charge is 0.307 e. The zero-order chi connectivity index (χ0) is 10.7. The molecule has 4 heteroatoms. The van der Waals surface area contributed by atoms with Crippen molar-refractivity contribution < 1.29 is 19.8 Å². The molecule has 0 radical (unpaired) electrons. The molecule has 0 aromatic heterocycles. The fourth-order valence-corrected chi connectivity index (χ4v) is 2.20. The number of carbonyl (C=O) groups is 2. The van der Waals surface area contributed by atoms with Gasteiger partial charge in [-0.05, 0) is 25.2 Å². The SMILES string of the molecule is CC[C@@H]1CC[C@@H](C(=O)O)[C@@H](C(=O)O)C1. The summed E-state index contributed by atoms with van der Waals surface area (Å²) < 4.78 is 0. The Morgan fingerprint density at radius 1 is 1.14 bits per heavy atom. The monoisotopic (exact) mass is 200 g/mol. The Labute approximate surface area is 82.9 Å². The molecule has 1 fully saturated rings. The minimum atomic E-state index is -0.966. The Hall–Kier alpha value is -1.06. The number of hydrogen-bond acceptors (Lipinski definition) is 2. The predicted octanol–water partition coefficient (Wildman–Crippen LogP) is 1.60. The molecule has 0 spiro atoms. The Bertz CT molecular complexity index is 236. The highest BCUT2D eigenvalue weighted by Gasteiger charge is 2.38. The van der Waals surface area contributed by atoms with Gasteiger partial charge in [0, 0.05) is 0 Å². The maximum Gasteiger partial charge on any atom is 0.307 e. The first-order valence-electron chi connectivity index (χ1n) is 5.01. The molecule has 1 aliphatic carbocycles. The van der Waals surface area contributed by atoms with Gasteiger partial charge >= 0.3 is 11.9 Å². The maximum atomic E-state index is 10.9. The topological polar surface area (TPSA) is 74.6 Å². The lowest BCUT2D eigenvalue weighted by Crippen LogP contribution is -2.35. The first kappa shape index (κ1) is 11.0. The van der Waals surface area contributed by atoms with E-state index in [2.05, 4.69) is 0 Å². The standard InChI is InChI=1S/C10H16O4/c1-2-6-3-4-7(9(11)12)8(5-6)10(13)14/h6-8H,2-5H2,1H3,(H,11,12)(H,13,14)/t6-,7-,8+/m1/s1. The summed E-state index contributed by atoms with van der Waals surface area (Å²) in [5.74, 6) is -2.92. The molecule has 0 saturated heterocycles. The molecule has 0 aromatic carbocycles. The van der Waals surface area contributed by atoms with Crippen LogP contribution in [0.5, 0.6) is 0 Å². The van der Waals surface area contributed by atoms with Crippen LogP contribution < -0.4 is 0 Å². The molecule has 1 rings (SSSR count). The summed E-state index contributed by atoms with van der Waals surface area (Å²) in [6, 6.07) is 0. The van der Waals surface area contributed by atoms with Gasteiger partial charge in [-0.3, -0.25) is 9.59 Å². The fraction of sp³-hybridized carbons (Fsp3) is 0.800. The van der Waals surface area contributed by atoms with Gasteiger partial charge in [-0.15, -0.1) is 0 Å². The third-order valence-corrected chi connectivity index (χ3v) is 3.17. The molecule has 2 N–H and O–H groups in total. The predicted molar refractivity (Wildman–Crippen MR) is 49.9 cm³/mol. The maximum absolute atomic E-state index is 10.9. The van der Waals surface area contributed by atoms with Gasteiger partial charge in [0.2, 0.25) is 0 Å². The van der Waals surface area contributed by atoms with Gasteiger partial charge in [-0.1, -0.05) is 13.3 Å². The van der Waals surface area contributed by atoms with Crippen molar-refractivity contribution in [1.82, 2.24) is 0 Å². The lowest BCUT2D eigenvalue weighted by atomic mass is 9.73. The van der Waals surface area contributed by atoms with E-state index in [1.54, 1.807) is 0 Å². The summed E-state index contributed by atoms with van der Waals surface area (Å²) in [5, 5.41) is 17.8. The highest BCUT2D eigenvalue weighted by molar-refractivity contribution is 5.80. The summed E-state index contributed by atoms with van der Waals surface area (Å²) in [5.41, 5.74) is 0. The van der Waals surface area contributed by atoms with Crippen LogP contribution in [0.25, 0.3) is 0 Å². The van der Waals surface area contributed by atoms with Gasteiger partial charge in [0.25, 0.3) is 0 Å². The molecule has 0 aliphatic heterocycles. The molecule has 0 heterocycles. The van der Waals surface area contributed by atoms with Crippen molar-refractivity contribution in [3.05, 3.63) is 0 Å². The molecule has 1 aliphatic rings. The van der Waals surface area contributed by atoms with Crippen molar-refractivity contribution in [2.45, 2.75) is 32.6 Å². The Balaban J connectivity index is 2.70. The highest BCUT2D eigenvalue weighted by atomic mass is 16.4. The number of carboxylic acids is 2. The Morgan fingerprint density at radius 3 is 2.14 bits per heavy atom. The molecule has 3 atom stereocenters. The molecule has 80 valence electrons. The van der Waals surface area contributed by atoms with Crippen LogP contribution in [-0.4, -0.2) is 22.2 Å². The van der Waals surface area contributed by atoms with E-state index in [-0.39, 0.29) is 0 Å². The quantitative estimate of drug-likeness (QED) is 0.725. The van der Waals surface area contributed by atoms with Crippen LogP contribution >= 0.6 is 0 Å². The molecular weight excluding hydrogens is 184 g/mol. The lowest BCUT2D eigenvalue weighted by Gasteiger charge is -2.30. The normalized spacial score (nSPS) is 32.5. The van der Waals surface area contributed by atoms with Gasteiger partial charge in [0.1, 0.15) is 0 Å². The second-order valence-corrected chi connectivity index (χ2v) is 3.98. The Kier molecular flexibility index (Phi) is 3.49. The van der Waals surface area contributed by atoms with Crippen LogP contribution in [0.1, 0.15) is 32.6 Å². The van der Waals surface area contributed by atoms with Gasteiger partial charge in [0.05, 0.1) is 11.8 Å². The average Bonchev–Trinajstić information content (AvgIpc) is 2.16. The van der Waals surface area contributed by atoms with E-state index in [9.17, 15) is 9.59 Å². The third kappa shape index (κ3) is 2.25. The summed E-state index contributed by atoms with van der Waals surface area (Å²) in [6.07, 6.45) is 2.81. The largest absolute Gasteiger partial charge is 0.481 e. The highest BCUT2D eigenvalue weighted by Crippen LogP contribution is 2.35. The van der Waals surface area contributed by atoms with E-state index in [4.69, 9.17) is 10.2 Å². The van der Waals surface area contributed by atoms with Crippen LogP contribution in [-0.2, 0) is 9.59 Å². The van der Waals surface area contributed by atoms with Crippen LogP contribution in [0.3, 0.4) is 0 Å². The average molecular weight is 200 g/mol. The van der Waals surface area contributed by atoms with E-state index >= 15 is 0 Å². The molecule has 4 nitrogen and oxygen atoms in total. The van der Waals surface area contributed by atoms with Crippen LogP contribution in [0, 0.1) is 17.8 Å². The van der Waals surface area contributed by atoms with Gasteiger partial charge in [-0.2, -0.15) is 0 Å². The van der Waals surface area contributed by atoms with Crippen molar-refractivity contribution in [3.8, 4) is 0 Å². The molecule has 14 heavy (non-hydrogen) atoms. The molecular formula is C10H16O4. The second-order valence-electron chi connectivity index (χ2n) is 3.98. The van der Waals surface area contributed by atoms with Gasteiger partial charge < -0.3 is 10.2 Å². The summed E-state index contributed by atoms with van der Waals surface area (Å²) in [7, 11) is 0.